The maximum absolute atomic E-state index is 12.9. The lowest BCUT2D eigenvalue weighted by atomic mass is 10.1. The van der Waals surface area contributed by atoms with Crippen LogP contribution in [0.5, 0.6) is 0 Å². The molecule has 35 heavy (non-hydrogen) atoms. The molecule has 0 bridgehead atoms. The van der Waals surface area contributed by atoms with Crippen LogP contribution in [0, 0.1) is 0 Å². The summed E-state index contributed by atoms with van der Waals surface area (Å²) in [6.07, 6.45) is -0.989. The summed E-state index contributed by atoms with van der Waals surface area (Å²) in [5, 5.41) is 5.45. The molecular weight excluding hydrogens is 487 g/mol. The van der Waals surface area contributed by atoms with Crippen molar-refractivity contribution in [3.63, 3.8) is 0 Å². The first-order valence-electron chi connectivity index (χ1n) is 11.0. The van der Waals surface area contributed by atoms with Crippen molar-refractivity contribution < 1.29 is 27.6 Å². The fourth-order valence-electron chi connectivity index (χ4n) is 3.52. The van der Waals surface area contributed by atoms with Crippen molar-refractivity contribution in [1.82, 2.24) is 25.5 Å². The Morgan fingerprint density at radius 3 is 2.31 bits per heavy atom. The monoisotopic (exact) mass is 511 g/mol. The van der Waals surface area contributed by atoms with Crippen LogP contribution in [0.1, 0.15) is 71.6 Å². The second-order valence-electron chi connectivity index (χ2n) is 8.26. The number of carbonyl (C=O) groups is 3. The Bertz CT molecular complexity index is 1130. The van der Waals surface area contributed by atoms with E-state index in [-0.39, 0.29) is 16.5 Å². The molecule has 1 aliphatic rings. The Labute approximate surface area is 205 Å². The summed E-state index contributed by atoms with van der Waals surface area (Å²) in [4.78, 5) is 47.3. The molecule has 1 aliphatic carbocycles. The van der Waals surface area contributed by atoms with E-state index in [4.69, 9.17) is 11.6 Å². The third-order valence-electron chi connectivity index (χ3n) is 5.79. The first kappa shape index (κ1) is 26.4. The number of halogens is 4. The van der Waals surface area contributed by atoms with E-state index in [2.05, 4.69) is 20.6 Å². The smallest absolute Gasteiger partial charge is 0.346 e. The highest BCUT2D eigenvalue weighted by molar-refractivity contribution is 6.31. The lowest BCUT2D eigenvalue weighted by Crippen LogP contribution is -2.49. The third kappa shape index (κ3) is 5.90. The molecule has 0 aliphatic heterocycles. The molecule has 0 spiro atoms. The van der Waals surface area contributed by atoms with E-state index in [1.165, 1.54) is 12.3 Å². The van der Waals surface area contributed by atoms with Crippen LogP contribution in [0.25, 0.3) is 0 Å². The Kier molecular flexibility index (Phi) is 7.68. The number of carbonyl (C=O) groups excluding carboxylic acids is 3. The average molecular weight is 512 g/mol. The fourth-order valence-corrected chi connectivity index (χ4v) is 3.85. The van der Waals surface area contributed by atoms with Gasteiger partial charge in [-0.3, -0.25) is 24.4 Å². The van der Waals surface area contributed by atoms with Gasteiger partial charge < -0.3 is 15.5 Å². The van der Waals surface area contributed by atoms with Crippen LogP contribution in [0.4, 0.5) is 13.2 Å². The first-order chi connectivity index (χ1) is 16.4. The van der Waals surface area contributed by atoms with Gasteiger partial charge >= 0.3 is 6.18 Å². The number of nitrogens with one attached hydrogen (secondary N) is 2. The van der Waals surface area contributed by atoms with Crippen LogP contribution >= 0.6 is 11.6 Å². The molecule has 1 fully saturated rings. The molecule has 3 amide bonds. The number of rotatable bonds is 8. The molecule has 1 saturated carbocycles. The average Bonchev–Trinajstić information content (AvgIpc) is 3.59. The SMILES string of the molecule is CCN(CC)C(=O)c1cnc([C@@H](C)NC(=O)C2(NC(=O)c3cncc(C(F)(F)F)c3)CC2)c(Cl)c1. The van der Waals surface area contributed by atoms with Gasteiger partial charge in [0.15, 0.2) is 0 Å². The minimum absolute atomic E-state index is 0.194. The quantitative estimate of drug-likeness (QED) is 0.561. The summed E-state index contributed by atoms with van der Waals surface area (Å²) < 4.78 is 38.8. The van der Waals surface area contributed by atoms with Crippen molar-refractivity contribution >= 4 is 29.3 Å². The van der Waals surface area contributed by atoms with Crippen molar-refractivity contribution in [3.8, 4) is 0 Å². The van der Waals surface area contributed by atoms with Crippen LogP contribution in [0.15, 0.2) is 30.7 Å². The summed E-state index contributed by atoms with van der Waals surface area (Å²) in [6, 6.07) is 1.52. The number of alkyl halides is 3. The van der Waals surface area contributed by atoms with Crippen molar-refractivity contribution in [2.75, 3.05) is 13.1 Å². The summed E-state index contributed by atoms with van der Waals surface area (Å²) in [5.41, 5.74) is -1.95. The summed E-state index contributed by atoms with van der Waals surface area (Å²) in [5.74, 6) is -1.56. The summed E-state index contributed by atoms with van der Waals surface area (Å²) >= 11 is 6.34. The van der Waals surface area contributed by atoms with Crippen LogP contribution in [-0.2, 0) is 11.0 Å². The van der Waals surface area contributed by atoms with Crippen molar-refractivity contribution in [2.45, 2.75) is 51.4 Å². The molecule has 8 nitrogen and oxygen atoms in total. The predicted octanol–water partition coefficient (Wildman–Crippen LogP) is 3.77. The van der Waals surface area contributed by atoms with Crippen LogP contribution < -0.4 is 10.6 Å². The van der Waals surface area contributed by atoms with E-state index < -0.39 is 35.1 Å². The van der Waals surface area contributed by atoms with Gasteiger partial charge in [0.05, 0.1) is 33.4 Å². The van der Waals surface area contributed by atoms with Gasteiger partial charge in [-0.2, -0.15) is 13.2 Å². The van der Waals surface area contributed by atoms with Gasteiger partial charge in [-0.15, -0.1) is 0 Å². The minimum atomic E-state index is -4.65. The molecule has 12 heteroatoms. The molecule has 0 unspecified atom stereocenters. The van der Waals surface area contributed by atoms with Crippen molar-refractivity contribution in [1.29, 1.82) is 0 Å². The number of aromatic nitrogens is 2. The van der Waals surface area contributed by atoms with E-state index in [9.17, 15) is 27.6 Å². The lowest BCUT2D eigenvalue weighted by Gasteiger charge is -2.22. The number of nitrogens with zero attached hydrogens (tertiary/aromatic N) is 3. The van der Waals surface area contributed by atoms with Gasteiger partial charge in [-0.1, -0.05) is 11.6 Å². The largest absolute Gasteiger partial charge is 0.417 e. The van der Waals surface area contributed by atoms with Crippen LogP contribution in [-0.4, -0.2) is 51.2 Å². The second-order valence-corrected chi connectivity index (χ2v) is 8.67. The molecule has 0 saturated heterocycles. The molecule has 0 aromatic carbocycles. The van der Waals surface area contributed by atoms with E-state index in [1.54, 1.807) is 11.8 Å². The van der Waals surface area contributed by atoms with Gasteiger partial charge in [-0.05, 0) is 45.7 Å². The highest BCUT2D eigenvalue weighted by Gasteiger charge is 2.51. The highest BCUT2D eigenvalue weighted by atomic mass is 35.5. The standard InChI is InChI=1S/C23H25ClF3N5O3/c1-4-32(5-2)20(34)15-9-17(24)18(29-11-15)13(3)30-21(35)22(6-7-22)31-19(33)14-8-16(12-28-10-14)23(25,26)27/h8-13H,4-7H2,1-3H3,(H,30,35)(H,31,33)/t13-/m1/s1. The molecular formula is C23H25ClF3N5O3. The maximum Gasteiger partial charge on any atom is 0.417 e. The first-order valence-corrected chi connectivity index (χ1v) is 11.4. The van der Waals surface area contributed by atoms with Gasteiger partial charge in [-0.25, -0.2) is 0 Å². The third-order valence-corrected chi connectivity index (χ3v) is 6.09. The topological polar surface area (TPSA) is 104 Å². The Morgan fingerprint density at radius 1 is 1.11 bits per heavy atom. The van der Waals surface area contributed by atoms with E-state index in [0.29, 0.717) is 49.5 Å². The van der Waals surface area contributed by atoms with Gasteiger partial charge in [0, 0.05) is 31.7 Å². The van der Waals surface area contributed by atoms with Gasteiger partial charge in [0.25, 0.3) is 11.8 Å². The van der Waals surface area contributed by atoms with E-state index in [0.717, 1.165) is 6.20 Å². The minimum Gasteiger partial charge on any atom is -0.346 e. The Balaban J connectivity index is 1.68. The zero-order valence-corrected chi connectivity index (χ0v) is 20.1. The van der Waals surface area contributed by atoms with Crippen molar-refractivity contribution in [2.24, 2.45) is 0 Å². The molecule has 0 radical (unpaired) electrons. The maximum atomic E-state index is 12.9. The van der Waals surface area contributed by atoms with Gasteiger partial charge in [0.1, 0.15) is 5.54 Å². The van der Waals surface area contributed by atoms with Crippen LogP contribution in [0.3, 0.4) is 0 Å². The van der Waals surface area contributed by atoms with E-state index >= 15 is 0 Å². The zero-order valence-electron chi connectivity index (χ0n) is 19.4. The zero-order chi connectivity index (χ0) is 26.0. The normalized spacial score (nSPS) is 15.2. The fraction of sp³-hybridized carbons (Fsp3) is 0.435. The Hall–Kier alpha value is -3.21. The van der Waals surface area contributed by atoms with E-state index in [1.807, 2.05) is 13.8 Å². The molecule has 1 atom stereocenters. The molecule has 3 rings (SSSR count). The van der Waals surface area contributed by atoms with Crippen molar-refractivity contribution in [3.05, 3.63) is 58.1 Å². The molecule has 2 N–H and O–H groups in total. The lowest BCUT2D eigenvalue weighted by molar-refractivity contribution is -0.137. The summed E-state index contributed by atoms with van der Waals surface area (Å²) in [6.45, 7) is 6.43. The number of hydrogen-bond donors (Lipinski definition) is 2. The number of pyridine rings is 2. The van der Waals surface area contributed by atoms with Gasteiger partial charge in [0.2, 0.25) is 5.91 Å². The number of hydrogen-bond acceptors (Lipinski definition) is 5. The summed E-state index contributed by atoms with van der Waals surface area (Å²) in [7, 11) is 0. The Morgan fingerprint density at radius 2 is 1.77 bits per heavy atom. The highest BCUT2D eigenvalue weighted by Crippen LogP contribution is 2.37. The predicted molar refractivity (Wildman–Crippen MR) is 122 cm³/mol. The number of amides is 3. The molecule has 188 valence electrons. The molecule has 2 aromatic rings. The molecule has 2 heterocycles. The molecule has 2 aromatic heterocycles. The second kappa shape index (κ2) is 10.2. The van der Waals surface area contributed by atoms with Crippen LogP contribution in [0.2, 0.25) is 5.02 Å².